The van der Waals surface area contributed by atoms with Crippen molar-refractivity contribution in [2.75, 3.05) is 13.1 Å². The minimum atomic E-state index is 0. The lowest BCUT2D eigenvalue weighted by Crippen LogP contribution is -2.41. The Bertz CT molecular complexity index is 582. The molecule has 0 spiro atoms. The molecule has 1 fully saturated rings. The molecular formula is C17H26ClN3O. The molecule has 2 atom stereocenters. The fourth-order valence-electron chi connectivity index (χ4n) is 3.49. The Hall–Kier alpha value is -1.26. The van der Waals surface area contributed by atoms with Crippen molar-refractivity contribution in [1.82, 2.24) is 15.1 Å². The van der Waals surface area contributed by atoms with Gasteiger partial charge in [0.2, 0.25) is 0 Å². The Morgan fingerprint density at radius 2 is 2.09 bits per heavy atom. The van der Waals surface area contributed by atoms with Gasteiger partial charge in [-0.05, 0) is 57.0 Å². The second-order valence-electron chi connectivity index (χ2n) is 5.90. The number of hydrogen-bond acceptors (Lipinski definition) is 3. The molecule has 3 rings (SSSR count). The Kier molecular flexibility index (Phi) is 6.09. The number of ether oxygens (including phenoxy) is 1. The van der Waals surface area contributed by atoms with Crippen LogP contribution in [0.5, 0.6) is 5.75 Å². The predicted octanol–water partition coefficient (Wildman–Crippen LogP) is 4.02. The largest absolute Gasteiger partial charge is 0.490 e. The minimum absolute atomic E-state index is 0. The summed E-state index contributed by atoms with van der Waals surface area (Å²) >= 11 is 0. The van der Waals surface area contributed by atoms with Crippen molar-refractivity contribution in [3.05, 3.63) is 24.4 Å². The first-order valence-electron chi connectivity index (χ1n) is 8.14. The van der Waals surface area contributed by atoms with Gasteiger partial charge in [-0.3, -0.25) is 5.10 Å². The average Bonchev–Trinajstić information content (AvgIpc) is 2.96. The van der Waals surface area contributed by atoms with Crippen LogP contribution in [0.4, 0.5) is 0 Å². The molecule has 4 nitrogen and oxygen atoms in total. The van der Waals surface area contributed by atoms with E-state index in [0.717, 1.165) is 36.2 Å². The van der Waals surface area contributed by atoms with E-state index in [0.29, 0.717) is 12.1 Å². The fourth-order valence-corrected chi connectivity index (χ4v) is 3.49. The number of benzene rings is 1. The van der Waals surface area contributed by atoms with Gasteiger partial charge in [0, 0.05) is 11.4 Å². The van der Waals surface area contributed by atoms with Crippen molar-refractivity contribution in [3.63, 3.8) is 0 Å². The van der Waals surface area contributed by atoms with Crippen LogP contribution in [-0.2, 0) is 0 Å². The molecule has 1 aromatic carbocycles. The van der Waals surface area contributed by atoms with E-state index >= 15 is 0 Å². The van der Waals surface area contributed by atoms with Crippen LogP contribution in [0.2, 0.25) is 0 Å². The van der Waals surface area contributed by atoms with Crippen LogP contribution in [0.1, 0.15) is 39.5 Å². The summed E-state index contributed by atoms with van der Waals surface area (Å²) in [5.41, 5.74) is 1.06. The second-order valence-corrected chi connectivity index (χ2v) is 5.90. The molecule has 0 amide bonds. The van der Waals surface area contributed by atoms with Crippen LogP contribution in [-0.4, -0.2) is 40.3 Å². The summed E-state index contributed by atoms with van der Waals surface area (Å²) in [5.74, 6) is 0.967. The third-order valence-electron chi connectivity index (χ3n) is 4.64. The molecule has 1 N–H and O–H groups in total. The van der Waals surface area contributed by atoms with Gasteiger partial charge in [0.1, 0.15) is 11.9 Å². The number of hydrogen-bond donors (Lipinski definition) is 1. The smallest absolute Gasteiger partial charge is 0.120 e. The van der Waals surface area contributed by atoms with E-state index in [1.807, 2.05) is 18.3 Å². The lowest BCUT2D eigenvalue weighted by Gasteiger charge is -2.36. The Morgan fingerprint density at radius 1 is 1.27 bits per heavy atom. The van der Waals surface area contributed by atoms with Crippen LogP contribution in [0.15, 0.2) is 24.4 Å². The van der Waals surface area contributed by atoms with Gasteiger partial charge in [0.25, 0.3) is 0 Å². The van der Waals surface area contributed by atoms with Crippen molar-refractivity contribution < 1.29 is 4.74 Å². The molecule has 1 aliphatic carbocycles. The van der Waals surface area contributed by atoms with Gasteiger partial charge in [-0.15, -0.1) is 12.4 Å². The van der Waals surface area contributed by atoms with Gasteiger partial charge in [-0.2, -0.15) is 5.10 Å². The molecule has 0 saturated heterocycles. The summed E-state index contributed by atoms with van der Waals surface area (Å²) in [5, 5.41) is 8.15. The van der Waals surface area contributed by atoms with Crippen LogP contribution < -0.4 is 4.74 Å². The zero-order valence-electron chi connectivity index (χ0n) is 13.4. The van der Waals surface area contributed by atoms with E-state index in [-0.39, 0.29) is 12.4 Å². The Morgan fingerprint density at radius 3 is 2.86 bits per heavy atom. The lowest BCUT2D eigenvalue weighted by molar-refractivity contribution is 0.0819. The SMILES string of the molecule is CCN(CC)[C@@H]1CCC[C@@H](Oc2ccc3[nH]ncc3c2)C1.Cl. The lowest BCUT2D eigenvalue weighted by atomic mass is 9.91. The highest BCUT2D eigenvalue weighted by Crippen LogP contribution is 2.28. The van der Waals surface area contributed by atoms with Gasteiger partial charge >= 0.3 is 0 Å². The zero-order valence-corrected chi connectivity index (χ0v) is 14.2. The summed E-state index contributed by atoms with van der Waals surface area (Å²) in [4.78, 5) is 2.56. The van der Waals surface area contributed by atoms with E-state index < -0.39 is 0 Å². The Balaban J connectivity index is 0.00000176. The third kappa shape index (κ3) is 3.73. The van der Waals surface area contributed by atoms with Crippen molar-refractivity contribution >= 4 is 23.3 Å². The van der Waals surface area contributed by atoms with Crippen molar-refractivity contribution in [2.24, 2.45) is 0 Å². The summed E-state index contributed by atoms with van der Waals surface area (Å²) in [6.07, 6.45) is 7.07. The molecule has 22 heavy (non-hydrogen) atoms. The number of aromatic amines is 1. The molecular weight excluding hydrogens is 298 g/mol. The third-order valence-corrected chi connectivity index (χ3v) is 4.64. The summed E-state index contributed by atoms with van der Waals surface area (Å²) in [6.45, 7) is 6.77. The first-order valence-corrected chi connectivity index (χ1v) is 8.14. The van der Waals surface area contributed by atoms with Gasteiger partial charge in [0.05, 0.1) is 11.7 Å². The number of aromatic nitrogens is 2. The molecule has 1 aromatic heterocycles. The zero-order chi connectivity index (χ0) is 14.7. The first-order chi connectivity index (χ1) is 10.3. The molecule has 5 heteroatoms. The number of H-pyrrole nitrogens is 1. The quantitative estimate of drug-likeness (QED) is 0.903. The monoisotopic (exact) mass is 323 g/mol. The van der Waals surface area contributed by atoms with E-state index in [1.165, 1.54) is 19.3 Å². The van der Waals surface area contributed by atoms with E-state index in [1.54, 1.807) is 0 Å². The molecule has 122 valence electrons. The average molecular weight is 324 g/mol. The van der Waals surface area contributed by atoms with Crippen molar-refractivity contribution in [1.29, 1.82) is 0 Å². The highest BCUT2D eigenvalue weighted by atomic mass is 35.5. The number of fused-ring (bicyclic) bond motifs is 1. The maximum atomic E-state index is 6.23. The highest BCUT2D eigenvalue weighted by Gasteiger charge is 2.26. The van der Waals surface area contributed by atoms with Crippen LogP contribution in [0.25, 0.3) is 10.9 Å². The van der Waals surface area contributed by atoms with Crippen molar-refractivity contribution in [3.8, 4) is 5.75 Å². The molecule has 1 saturated carbocycles. The van der Waals surface area contributed by atoms with Gasteiger partial charge < -0.3 is 9.64 Å². The van der Waals surface area contributed by atoms with Crippen molar-refractivity contribution in [2.45, 2.75) is 51.7 Å². The normalized spacial score (nSPS) is 21.8. The van der Waals surface area contributed by atoms with Crippen LogP contribution in [0.3, 0.4) is 0 Å². The molecule has 1 heterocycles. The maximum absolute atomic E-state index is 6.23. The van der Waals surface area contributed by atoms with Gasteiger partial charge in [0.15, 0.2) is 0 Å². The van der Waals surface area contributed by atoms with Crippen LogP contribution in [0, 0.1) is 0 Å². The minimum Gasteiger partial charge on any atom is -0.490 e. The topological polar surface area (TPSA) is 41.1 Å². The number of rotatable bonds is 5. The first kappa shape index (κ1) is 17.1. The molecule has 0 unspecified atom stereocenters. The number of nitrogens with zero attached hydrogens (tertiary/aromatic N) is 2. The standard InChI is InChI=1S/C17H25N3O.ClH/c1-3-20(4-2)14-6-5-7-15(11-14)21-16-8-9-17-13(10-16)12-18-19-17;/h8-10,12,14-15H,3-7,11H2,1-2H3,(H,18,19);1H/t14-,15-;/m1./s1. The molecule has 2 aromatic rings. The fraction of sp³-hybridized carbons (Fsp3) is 0.588. The highest BCUT2D eigenvalue weighted by molar-refractivity contribution is 5.85. The predicted molar refractivity (Wildman–Crippen MR) is 92.9 cm³/mol. The van der Waals surface area contributed by atoms with E-state index in [9.17, 15) is 0 Å². The summed E-state index contributed by atoms with van der Waals surface area (Å²) in [6, 6.07) is 6.85. The second kappa shape index (κ2) is 7.84. The molecule has 1 aliphatic rings. The van der Waals surface area contributed by atoms with Crippen LogP contribution >= 0.6 is 12.4 Å². The van der Waals surface area contributed by atoms with Gasteiger partial charge in [-0.25, -0.2) is 0 Å². The number of halogens is 1. The molecule has 0 radical (unpaired) electrons. The van der Waals surface area contributed by atoms with Gasteiger partial charge in [-0.1, -0.05) is 13.8 Å². The maximum Gasteiger partial charge on any atom is 0.120 e. The Labute approximate surface area is 138 Å². The van der Waals surface area contributed by atoms with E-state index in [4.69, 9.17) is 4.74 Å². The molecule has 0 bridgehead atoms. The van der Waals surface area contributed by atoms with E-state index in [2.05, 4.69) is 35.0 Å². The molecule has 0 aliphatic heterocycles. The summed E-state index contributed by atoms with van der Waals surface area (Å²) < 4.78 is 6.23. The number of nitrogens with one attached hydrogen (secondary N) is 1. The summed E-state index contributed by atoms with van der Waals surface area (Å²) in [7, 11) is 0.